The lowest BCUT2D eigenvalue weighted by atomic mass is 9.82. The largest absolute Gasteiger partial charge is 0.508 e. The second kappa shape index (κ2) is 7.12. The number of aliphatic hydroxyl groups excluding tert-OH is 1. The van der Waals surface area contributed by atoms with Crippen LogP contribution in [0.1, 0.15) is 36.5 Å². The molecule has 134 valence electrons. The highest BCUT2D eigenvalue weighted by atomic mass is 19.1. The Bertz CT molecular complexity index is 862. The molecule has 3 rings (SSSR count). The average Bonchev–Trinajstić information content (AvgIpc) is 2.60. The fourth-order valence-corrected chi connectivity index (χ4v) is 3.28. The van der Waals surface area contributed by atoms with Crippen LogP contribution in [0.15, 0.2) is 71.8 Å². The van der Waals surface area contributed by atoms with Gasteiger partial charge in [-0.1, -0.05) is 12.7 Å². The summed E-state index contributed by atoms with van der Waals surface area (Å²) in [5, 5.41) is 9.50. The number of Topliss-reactive ketones (excluding diaryl/α,β-unsaturated/α-hetero) is 1. The summed E-state index contributed by atoms with van der Waals surface area (Å²) in [5.74, 6) is -0.749. The Morgan fingerprint density at radius 3 is 2.58 bits per heavy atom. The van der Waals surface area contributed by atoms with E-state index in [9.17, 15) is 19.1 Å². The van der Waals surface area contributed by atoms with E-state index in [-0.39, 0.29) is 35.6 Å². The van der Waals surface area contributed by atoms with Gasteiger partial charge in [-0.2, -0.15) is 0 Å². The first-order valence-electron chi connectivity index (χ1n) is 8.47. The number of carbonyl (C=O) groups excluding carboxylic acids is 2. The molecule has 2 aliphatic rings. The number of nitrogens with zero attached hydrogens (tertiary/aromatic N) is 1. The molecule has 0 bridgehead atoms. The van der Waals surface area contributed by atoms with Crippen LogP contribution in [0.3, 0.4) is 0 Å². The van der Waals surface area contributed by atoms with Gasteiger partial charge in [-0.25, -0.2) is 4.39 Å². The van der Waals surface area contributed by atoms with Crippen LogP contribution >= 0.6 is 0 Å². The van der Waals surface area contributed by atoms with Gasteiger partial charge in [0.05, 0.1) is 5.92 Å². The van der Waals surface area contributed by atoms with Crippen LogP contribution in [-0.2, 0) is 4.79 Å². The van der Waals surface area contributed by atoms with Gasteiger partial charge < -0.3 is 5.11 Å². The lowest BCUT2D eigenvalue weighted by molar-refractivity contribution is -0.139. The van der Waals surface area contributed by atoms with E-state index in [0.717, 1.165) is 11.3 Å². The second-order valence-corrected chi connectivity index (χ2v) is 6.51. The molecule has 1 aromatic rings. The van der Waals surface area contributed by atoms with Crippen molar-refractivity contribution in [1.29, 1.82) is 0 Å². The molecule has 0 saturated carbocycles. The van der Waals surface area contributed by atoms with Crippen molar-refractivity contribution in [3.05, 3.63) is 83.2 Å². The van der Waals surface area contributed by atoms with Gasteiger partial charge in [0.15, 0.2) is 5.78 Å². The molecule has 1 heterocycles. The molecule has 1 aliphatic carbocycles. The average molecular weight is 353 g/mol. The van der Waals surface area contributed by atoms with Crippen LogP contribution in [0.5, 0.6) is 0 Å². The van der Waals surface area contributed by atoms with Gasteiger partial charge in [0.2, 0.25) is 5.91 Å². The van der Waals surface area contributed by atoms with Crippen molar-refractivity contribution >= 4 is 11.7 Å². The minimum atomic E-state index is -0.389. The lowest BCUT2D eigenvalue weighted by Gasteiger charge is -2.43. The summed E-state index contributed by atoms with van der Waals surface area (Å²) >= 11 is 0. The van der Waals surface area contributed by atoms with E-state index in [4.69, 9.17) is 0 Å². The number of hydrogen-bond donors (Lipinski definition) is 1. The third-order valence-corrected chi connectivity index (χ3v) is 4.61. The van der Waals surface area contributed by atoms with Gasteiger partial charge in [-0.15, -0.1) is 0 Å². The van der Waals surface area contributed by atoms with Gasteiger partial charge in [0.25, 0.3) is 0 Å². The number of halogens is 1. The molecule has 1 amide bonds. The number of hydrogen-bond acceptors (Lipinski definition) is 3. The van der Waals surface area contributed by atoms with E-state index in [1.165, 1.54) is 24.3 Å². The molecule has 1 atom stereocenters. The molecule has 0 radical (unpaired) electrons. The topological polar surface area (TPSA) is 57.6 Å². The van der Waals surface area contributed by atoms with E-state index in [1.807, 2.05) is 0 Å². The Kier molecular flexibility index (Phi) is 4.89. The Morgan fingerprint density at radius 2 is 2.00 bits per heavy atom. The fraction of sp³-hybridized carbons (Fsp3) is 0.238. The number of benzene rings is 1. The van der Waals surface area contributed by atoms with Gasteiger partial charge in [0.1, 0.15) is 11.6 Å². The molecule has 1 fully saturated rings. The van der Waals surface area contributed by atoms with Crippen LogP contribution in [0.2, 0.25) is 0 Å². The summed E-state index contributed by atoms with van der Waals surface area (Å²) < 4.78 is 13.0. The summed E-state index contributed by atoms with van der Waals surface area (Å²) in [6.45, 7) is 5.61. The number of aliphatic hydroxyl groups is 1. The number of carbonyl (C=O) groups is 2. The number of likely N-dealkylation sites (tertiary alicyclic amines) is 1. The Labute approximate surface area is 151 Å². The number of β-lactam (4-membered cyclic amide) rings is 1. The molecule has 1 N–H and O–H groups in total. The predicted octanol–water partition coefficient (Wildman–Crippen LogP) is 4.44. The summed E-state index contributed by atoms with van der Waals surface area (Å²) in [4.78, 5) is 26.4. The minimum absolute atomic E-state index is 0.0703. The highest BCUT2D eigenvalue weighted by Crippen LogP contribution is 2.41. The minimum Gasteiger partial charge on any atom is -0.508 e. The van der Waals surface area contributed by atoms with Crippen molar-refractivity contribution in [3.8, 4) is 0 Å². The highest BCUT2D eigenvalue weighted by Gasteiger charge is 2.44. The monoisotopic (exact) mass is 353 g/mol. The molecule has 0 aromatic heterocycles. The van der Waals surface area contributed by atoms with E-state index in [2.05, 4.69) is 6.58 Å². The maximum Gasteiger partial charge on any atom is 0.240 e. The maximum atomic E-state index is 13.0. The Hall–Kier alpha value is -2.95. The molecule has 26 heavy (non-hydrogen) atoms. The van der Waals surface area contributed by atoms with Crippen LogP contribution in [0.25, 0.3) is 0 Å². The zero-order valence-electron chi connectivity index (χ0n) is 14.5. The van der Waals surface area contributed by atoms with E-state index in [1.54, 1.807) is 30.1 Å². The number of allylic oxidation sites excluding steroid dienone is 5. The van der Waals surface area contributed by atoms with Crippen LogP contribution in [-0.4, -0.2) is 21.7 Å². The summed E-state index contributed by atoms with van der Waals surface area (Å²) in [5.41, 5.74) is 2.85. The highest BCUT2D eigenvalue weighted by molar-refractivity contribution is 5.97. The molecular formula is C21H20FNO3. The van der Waals surface area contributed by atoms with Crippen LogP contribution < -0.4 is 0 Å². The van der Waals surface area contributed by atoms with E-state index < -0.39 is 0 Å². The van der Waals surface area contributed by atoms with Crippen molar-refractivity contribution in [1.82, 2.24) is 4.90 Å². The van der Waals surface area contributed by atoms with Crippen LogP contribution in [0.4, 0.5) is 4.39 Å². The molecule has 1 aromatic carbocycles. The van der Waals surface area contributed by atoms with E-state index in [0.29, 0.717) is 24.1 Å². The van der Waals surface area contributed by atoms with Crippen molar-refractivity contribution < 1.29 is 19.1 Å². The van der Waals surface area contributed by atoms with Gasteiger partial charge in [-0.3, -0.25) is 14.5 Å². The second-order valence-electron chi connectivity index (χ2n) is 6.51. The van der Waals surface area contributed by atoms with Crippen molar-refractivity contribution in [2.75, 3.05) is 0 Å². The van der Waals surface area contributed by atoms with Gasteiger partial charge in [-0.05, 0) is 61.8 Å². The van der Waals surface area contributed by atoms with Gasteiger partial charge in [0, 0.05) is 23.4 Å². The standard InChI is InChI=1S/C21H20FNO3/c1-13(2)23-20(15-5-9-17(24)10-6-15)18(21(23)26)11-12-19(25)14-3-7-16(22)8-4-14/h3-5,7-10,18,24H,1,6,11-12H2,2H3/b20-15+/t18-/m1/s1. The first kappa shape index (κ1) is 17.9. The fourth-order valence-electron chi connectivity index (χ4n) is 3.28. The third-order valence-electron chi connectivity index (χ3n) is 4.61. The van der Waals surface area contributed by atoms with Crippen molar-refractivity contribution in [2.45, 2.75) is 26.2 Å². The molecule has 0 unspecified atom stereocenters. The van der Waals surface area contributed by atoms with Crippen LogP contribution in [0, 0.1) is 11.7 Å². The molecule has 0 spiro atoms. The first-order valence-corrected chi connectivity index (χ1v) is 8.47. The molecule has 1 aliphatic heterocycles. The quantitative estimate of drug-likeness (QED) is 0.629. The number of amides is 1. The van der Waals surface area contributed by atoms with E-state index >= 15 is 0 Å². The molecular weight excluding hydrogens is 333 g/mol. The number of rotatable bonds is 5. The Balaban J connectivity index is 1.76. The third kappa shape index (κ3) is 3.38. The molecule has 5 heteroatoms. The SMILES string of the molecule is C=C(C)N1C(=O)[C@H](CCC(=O)c2ccc(F)cc2)/C1=C1/C=CC(O)=CC1. The maximum absolute atomic E-state index is 13.0. The molecule has 1 saturated heterocycles. The summed E-state index contributed by atoms with van der Waals surface area (Å²) in [6.07, 6.45) is 6.18. The summed E-state index contributed by atoms with van der Waals surface area (Å²) in [6, 6.07) is 5.42. The normalized spacial score (nSPS) is 22.1. The van der Waals surface area contributed by atoms with Crippen molar-refractivity contribution in [2.24, 2.45) is 5.92 Å². The molecule has 4 nitrogen and oxygen atoms in total. The smallest absolute Gasteiger partial charge is 0.240 e. The van der Waals surface area contributed by atoms with Crippen molar-refractivity contribution in [3.63, 3.8) is 0 Å². The number of ketones is 1. The zero-order chi connectivity index (χ0) is 18.8. The Morgan fingerprint density at radius 1 is 1.31 bits per heavy atom. The zero-order valence-corrected chi connectivity index (χ0v) is 14.5. The lowest BCUT2D eigenvalue weighted by Crippen LogP contribution is -2.49. The predicted molar refractivity (Wildman–Crippen MR) is 96.6 cm³/mol. The van der Waals surface area contributed by atoms with Gasteiger partial charge >= 0.3 is 0 Å². The first-order chi connectivity index (χ1) is 12.4. The summed E-state index contributed by atoms with van der Waals surface area (Å²) in [7, 11) is 0.